The third-order valence-corrected chi connectivity index (χ3v) is 7.11. The summed E-state index contributed by atoms with van der Waals surface area (Å²) >= 11 is 43.2. The third-order valence-electron chi connectivity index (χ3n) is 3.90. The van der Waals surface area contributed by atoms with E-state index in [0.717, 1.165) is 5.57 Å². The second kappa shape index (κ2) is 5.28. The van der Waals surface area contributed by atoms with E-state index < -0.39 is 10.3 Å². The van der Waals surface area contributed by atoms with E-state index in [1.54, 1.807) is 0 Å². The van der Waals surface area contributed by atoms with E-state index >= 15 is 0 Å². The first-order valence-electron chi connectivity index (χ1n) is 5.00. The first-order chi connectivity index (χ1) is 7.93. The maximum atomic E-state index is 6.40. The molecule has 0 aromatic rings. The van der Waals surface area contributed by atoms with Gasteiger partial charge in [-0.15, -0.1) is 69.6 Å². The first-order valence-corrected chi connectivity index (χ1v) is 8.15. The van der Waals surface area contributed by atoms with Crippen molar-refractivity contribution in [3.8, 4) is 0 Å². The van der Waals surface area contributed by atoms with E-state index in [2.05, 4.69) is 0 Å². The van der Waals surface area contributed by atoms with Crippen LogP contribution in [0.3, 0.4) is 0 Å². The molecular formula is C10H9Cl7. The highest BCUT2D eigenvalue weighted by molar-refractivity contribution is 6.46. The van der Waals surface area contributed by atoms with Gasteiger partial charge in [0.15, 0.2) is 0 Å². The molecule has 7 heteroatoms. The molecule has 0 nitrogen and oxygen atoms in total. The van der Waals surface area contributed by atoms with Crippen LogP contribution in [0.5, 0.6) is 0 Å². The normalized spacial score (nSPS) is 51.8. The Morgan fingerprint density at radius 1 is 1.12 bits per heavy atom. The smallest absolute Gasteiger partial charge is 0.118 e. The minimum atomic E-state index is -0.716. The number of rotatable bonds is 2. The molecule has 2 aliphatic rings. The largest absolute Gasteiger partial charge is 0.126 e. The van der Waals surface area contributed by atoms with Crippen molar-refractivity contribution in [3.05, 3.63) is 11.1 Å². The maximum Gasteiger partial charge on any atom is 0.118 e. The van der Waals surface area contributed by atoms with Gasteiger partial charge in [-0.25, -0.2) is 0 Å². The van der Waals surface area contributed by atoms with Gasteiger partial charge in [0.2, 0.25) is 0 Å². The number of fused-ring (bicyclic) bond motifs is 2. The zero-order valence-corrected chi connectivity index (χ0v) is 13.7. The SMILES string of the molecule is Cl/C=C1\[C@H]2C(Cl)[C@H]([C@@H](Cl)[C@@H]2Cl)[C@@]1(CCl)C(Cl)Cl. The predicted molar refractivity (Wildman–Crippen MR) is 78.5 cm³/mol. The van der Waals surface area contributed by atoms with E-state index in [-0.39, 0.29) is 33.8 Å². The summed E-state index contributed by atoms with van der Waals surface area (Å²) in [5.74, 6) is -0.0663. The lowest BCUT2D eigenvalue weighted by atomic mass is 9.72. The molecule has 17 heavy (non-hydrogen) atoms. The molecule has 6 atom stereocenters. The summed E-state index contributed by atoms with van der Waals surface area (Å²) in [6.07, 6.45) is 0. The number of hydrogen-bond donors (Lipinski definition) is 0. The molecule has 0 spiro atoms. The highest BCUT2D eigenvalue weighted by atomic mass is 35.5. The molecule has 98 valence electrons. The molecule has 0 saturated heterocycles. The summed E-state index contributed by atoms with van der Waals surface area (Å²) in [6, 6.07) is 0. The fraction of sp³-hybridized carbons (Fsp3) is 0.800. The molecular weight excluding hydrogens is 368 g/mol. The van der Waals surface area contributed by atoms with E-state index in [9.17, 15) is 0 Å². The second-order valence-electron chi connectivity index (χ2n) is 4.42. The second-order valence-corrected chi connectivity index (χ2v) is 7.52. The van der Waals surface area contributed by atoms with Crippen LogP contribution < -0.4 is 0 Å². The molecule has 1 unspecified atom stereocenters. The Hall–Kier alpha value is 1.77. The van der Waals surface area contributed by atoms with Crippen LogP contribution in [0, 0.1) is 17.3 Å². The van der Waals surface area contributed by atoms with Crippen molar-refractivity contribution in [2.24, 2.45) is 17.3 Å². The molecule has 0 N–H and O–H groups in total. The zero-order chi connectivity index (χ0) is 13.0. The quantitative estimate of drug-likeness (QED) is 0.579. The van der Waals surface area contributed by atoms with Crippen molar-refractivity contribution < 1.29 is 0 Å². The van der Waals surface area contributed by atoms with E-state index in [0.29, 0.717) is 0 Å². The van der Waals surface area contributed by atoms with Crippen LogP contribution in [0.4, 0.5) is 0 Å². The number of allylic oxidation sites excluding steroid dienone is 1. The van der Waals surface area contributed by atoms with Gasteiger partial charge in [0.1, 0.15) is 4.84 Å². The van der Waals surface area contributed by atoms with Crippen LogP contribution in [-0.4, -0.2) is 26.8 Å². The maximum absolute atomic E-state index is 6.40. The van der Waals surface area contributed by atoms with Crippen molar-refractivity contribution in [3.63, 3.8) is 0 Å². The van der Waals surface area contributed by atoms with Gasteiger partial charge in [-0.3, -0.25) is 0 Å². The Labute approximate surface area is 135 Å². The Bertz CT molecular complexity index is 342. The van der Waals surface area contributed by atoms with Crippen LogP contribution in [0.1, 0.15) is 0 Å². The predicted octanol–water partition coefficient (Wildman–Crippen LogP) is 5.22. The summed E-state index contributed by atoms with van der Waals surface area (Å²) in [5, 5.41) is -0.801. The van der Waals surface area contributed by atoms with Crippen LogP contribution in [-0.2, 0) is 0 Å². The van der Waals surface area contributed by atoms with Gasteiger partial charge in [0.05, 0.1) is 10.8 Å². The van der Waals surface area contributed by atoms with Crippen LogP contribution >= 0.6 is 81.2 Å². The minimum absolute atomic E-state index is 0.123. The average Bonchev–Trinajstić information content (AvgIpc) is 2.67. The standard InChI is InChI=1S/C10H9Cl7/c11-1-3-4-6(13)5(8(15)7(4)14)10(3,2-12)9(16)17/h1,4-9H,2H2/b3-1+/t4-,5+,6?,7+,8+,10-/m0/s1. The summed E-state index contributed by atoms with van der Waals surface area (Å²) < 4.78 is 0. The topological polar surface area (TPSA) is 0 Å². The van der Waals surface area contributed by atoms with Gasteiger partial charge in [-0.1, -0.05) is 11.6 Å². The Balaban J connectivity index is 2.55. The molecule has 2 saturated carbocycles. The zero-order valence-electron chi connectivity index (χ0n) is 8.39. The summed E-state index contributed by atoms with van der Waals surface area (Å²) in [6.45, 7) is 0. The van der Waals surface area contributed by atoms with Gasteiger partial charge in [-0.05, 0) is 5.57 Å². The average molecular weight is 377 g/mol. The highest BCUT2D eigenvalue weighted by Crippen LogP contribution is 2.67. The lowest BCUT2D eigenvalue weighted by Gasteiger charge is -2.42. The minimum Gasteiger partial charge on any atom is -0.126 e. The van der Waals surface area contributed by atoms with Crippen LogP contribution in [0.15, 0.2) is 11.1 Å². The van der Waals surface area contributed by atoms with E-state index in [1.807, 2.05) is 0 Å². The van der Waals surface area contributed by atoms with Crippen molar-refractivity contribution >= 4 is 81.2 Å². The Morgan fingerprint density at radius 2 is 1.71 bits per heavy atom. The van der Waals surface area contributed by atoms with Crippen molar-refractivity contribution in [1.29, 1.82) is 0 Å². The fourth-order valence-electron chi connectivity index (χ4n) is 3.06. The monoisotopic (exact) mass is 374 g/mol. The van der Waals surface area contributed by atoms with Crippen LogP contribution in [0.25, 0.3) is 0 Å². The lowest BCUT2D eigenvalue weighted by Crippen LogP contribution is -2.46. The third kappa shape index (κ3) is 1.86. The molecule has 2 bridgehead atoms. The summed E-state index contributed by atoms with van der Waals surface area (Å²) in [5.41, 5.74) is 1.60. The lowest BCUT2D eigenvalue weighted by molar-refractivity contribution is 0.291. The van der Waals surface area contributed by atoms with Crippen LogP contribution in [0.2, 0.25) is 0 Å². The van der Waals surface area contributed by atoms with Gasteiger partial charge < -0.3 is 0 Å². The Kier molecular flexibility index (Phi) is 4.71. The van der Waals surface area contributed by atoms with E-state index in [1.165, 1.54) is 5.54 Å². The molecule has 0 aromatic carbocycles. The number of hydrogen-bond acceptors (Lipinski definition) is 0. The molecule has 2 rings (SSSR count). The van der Waals surface area contributed by atoms with Gasteiger partial charge in [-0.2, -0.15) is 0 Å². The number of alkyl halides is 6. The van der Waals surface area contributed by atoms with Crippen molar-refractivity contribution in [1.82, 2.24) is 0 Å². The molecule has 2 aliphatic carbocycles. The highest BCUT2D eigenvalue weighted by Gasteiger charge is 2.68. The number of halogens is 7. The summed E-state index contributed by atoms with van der Waals surface area (Å²) in [4.78, 5) is -0.716. The van der Waals surface area contributed by atoms with E-state index in [4.69, 9.17) is 81.2 Å². The molecule has 0 amide bonds. The van der Waals surface area contributed by atoms with Crippen molar-refractivity contribution in [2.75, 3.05) is 5.88 Å². The van der Waals surface area contributed by atoms with Gasteiger partial charge in [0, 0.05) is 34.0 Å². The molecule has 0 aliphatic heterocycles. The molecule has 0 aromatic heterocycles. The van der Waals surface area contributed by atoms with Gasteiger partial charge >= 0.3 is 0 Å². The summed E-state index contributed by atoms with van der Waals surface area (Å²) in [7, 11) is 0. The van der Waals surface area contributed by atoms with Crippen molar-refractivity contribution in [2.45, 2.75) is 21.0 Å². The first kappa shape index (κ1) is 15.2. The Morgan fingerprint density at radius 3 is 2.12 bits per heavy atom. The molecule has 0 heterocycles. The fourth-order valence-corrected chi connectivity index (χ4v) is 6.56. The molecule has 2 fully saturated rings. The van der Waals surface area contributed by atoms with Gasteiger partial charge in [0.25, 0.3) is 0 Å². The molecule has 0 radical (unpaired) electrons.